The highest BCUT2D eigenvalue weighted by Gasteiger charge is 1.99. The molecule has 0 saturated carbocycles. The van der Waals surface area contributed by atoms with Gasteiger partial charge in [-0.3, -0.25) is 0 Å². The minimum Gasteiger partial charge on any atom is -0.0622 e. The molecule has 0 bridgehead atoms. The molecule has 0 saturated heterocycles. The molecule has 0 unspecified atom stereocenters. The summed E-state index contributed by atoms with van der Waals surface area (Å²) >= 11 is 0. The fourth-order valence-electron chi connectivity index (χ4n) is 3.16. The molecule has 0 aromatic heterocycles. The highest BCUT2D eigenvalue weighted by Crippen LogP contribution is 2.20. The van der Waals surface area contributed by atoms with Gasteiger partial charge in [0.05, 0.1) is 0 Å². The summed E-state index contributed by atoms with van der Waals surface area (Å²) in [5.41, 5.74) is 6.81. The van der Waals surface area contributed by atoms with Crippen molar-refractivity contribution >= 4 is 36.5 Å². The first kappa shape index (κ1) is 19.4. The van der Waals surface area contributed by atoms with Crippen LogP contribution in [0.1, 0.15) is 33.4 Å². The van der Waals surface area contributed by atoms with E-state index in [2.05, 4.69) is 127 Å². The summed E-state index contributed by atoms with van der Waals surface area (Å²) in [6, 6.07) is 38.9. The van der Waals surface area contributed by atoms with Crippen LogP contribution in [0.5, 0.6) is 0 Å². The Kier molecular flexibility index (Phi) is 6.50. The molecule has 4 aromatic rings. The van der Waals surface area contributed by atoms with Crippen molar-refractivity contribution in [2.24, 2.45) is 0 Å². The molecule has 30 heavy (non-hydrogen) atoms. The maximum Gasteiger partial charge on any atom is -0.00206 e. The van der Waals surface area contributed by atoms with Crippen LogP contribution in [0, 0.1) is 6.07 Å². The van der Waals surface area contributed by atoms with Crippen molar-refractivity contribution in [1.29, 1.82) is 0 Å². The molecule has 1 radical (unpaired) electrons. The van der Waals surface area contributed by atoms with Gasteiger partial charge in [0.15, 0.2) is 0 Å². The van der Waals surface area contributed by atoms with Crippen LogP contribution < -0.4 is 0 Å². The van der Waals surface area contributed by atoms with Gasteiger partial charge in [0, 0.05) is 0 Å². The van der Waals surface area contributed by atoms with E-state index in [-0.39, 0.29) is 0 Å². The Bertz CT molecular complexity index is 1150. The fourth-order valence-corrected chi connectivity index (χ4v) is 3.16. The molecule has 0 spiro atoms. The van der Waals surface area contributed by atoms with E-state index in [0.717, 1.165) is 16.7 Å². The van der Waals surface area contributed by atoms with Gasteiger partial charge in [0.25, 0.3) is 0 Å². The number of hydrogen-bond acceptors (Lipinski definition) is 0. The van der Waals surface area contributed by atoms with Crippen molar-refractivity contribution in [2.45, 2.75) is 0 Å². The summed E-state index contributed by atoms with van der Waals surface area (Å²) < 4.78 is 0. The third-order valence-electron chi connectivity index (χ3n) is 4.78. The molecule has 0 amide bonds. The van der Waals surface area contributed by atoms with Gasteiger partial charge in [0.2, 0.25) is 0 Å². The fraction of sp³-hybridized carbons (Fsp3) is 0. The number of hydrogen-bond donors (Lipinski definition) is 0. The molecule has 4 rings (SSSR count). The Morgan fingerprint density at radius 3 is 1.40 bits per heavy atom. The summed E-state index contributed by atoms with van der Waals surface area (Å²) in [4.78, 5) is 0. The summed E-state index contributed by atoms with van der Waals surface area (Å²) in [5, 5.41) is 0. The van der Waals surface area contributed by atoms with Crippen LogP contribution >= 0.6 is 0 Å². The average Bonchev–Trinajstić information content (AvgIpc) is 2.82. The lowest BCUT2D eigenvalue weighted by Crippen LogP contribution is -1.84. The van der Waals surface area contributed by atoms with E-state index in [1.165, 1.54) is 16.7 Å². The number of benzene rings is 4. The molecular formula is C30H23. The third-order valence-corrected chi connectivity index (χ3v) is 4.78. The highest BCUT2D eigenvalue weighted by atomic mass is 14.0. The topological polar surface area (TPSA) is 0 Å². The molecule has 0 aliphatic carbocycles. The molecule has 4 aromatic carbocycles. The highest BCUT2D eigenvalue weighted by molar-refractivity contribution is 5.81. The first-order valence-electron chi connectivity index (χ1n) is 10.1. The van der Waals surface area contributed by atoms with Gasteiger partial charge in [0.1, 0.15) is 0 Å². The zero-order valence-electron chi connectivity index (χ0n) is 16.8. The predicted molar refractivity (Wildman–Crippen MR) is 131 cm³/mol. The van der Waals surface area contributed by atoms with Crippen LogP contribution in [0.2, 0.25) is 0 Å². The van der Waals surface area contributed by atoms with Gasteiger partial charge in [-0.25, -0.2) is 0 Å². The zero-order chi connectivity index (χ0) is 20.4. The maximum atomic E-state index is 3.56. The van der Waals surface area contributed by atoms with Crippen LogP contribution in [0.4, 0.5) is 0 Å². The Hall–Kier alpha value is -3.90. The Balaban J connectivity index is 1.65. The van der Waals surface area contributed by atoms with Crippen molar-refractivity contribution < 1.29 is 0 Å². The molecule has 0 aliphatic heterocycles. The molecule has 0 heteroatoms. The molecule has 0 nitrogen and oxygen atoms in total. The van der Waals surface area contributed by atoms with E-state index < -0.39 is 0 Å². The van der Waals surface area contributed by atoms with Gasteiger partial charge in [-0.2, -0.15) is 0 Å². The van der Waals surface area contributed by atoms with E-state index in [1.807, 2.05) is 18.2 Å². The van der Waals surface area contributed by atoms with E-state index in [1.54, 1.807) is 0 Å². The standard InChI is InChI=1S/C30H23/c1-4-10-25(11-5-1)16-17-28-20-22-29(21-18-26-12-6-2-7-13-26)30(24-28)23-19-27-14-8-3-9-15-27/h1-23H. The van der Waals surface area contributed by atoms with Crippen molar-refractivity contribution in [3.8, 4) is 0 Å². The maximum absolute atomic E-state index is 3.56. The molecule has 0 N–H and O–H groups in total. The molecule has 0 atom stereocenters. The number of rotatable bonds is 6. The first-order chi connectivity index (χ1) is 14.9. The van der Waals surface area contributed by atoms with Gasteiger partial charge >= 0.3 is 0 Å². The van der Waals surface area contributed by atoms with Gasteiger partial charge in [-0.15, -0.1) is 0 Å². The Labute approximate surface area is 179 Å². The largest absolute Gasteiger partial charge is 0.0622 e. The monoisotopic (exact) mass is 383 g/mol. The second kappa shape index (κ2) is 10.0. The van der Waals surface area contributed by atoms with Crippen molar-refractivity contribution in [3.63, 3.8) is 0 Å². The molecule has 0 aliphatic rings. The normalized spacial score (nSPS) is 11.6. The van der Waals surface area contributed by atoms with Crippen molar-refractivity contribution in [3.05, 3.63) is 143 Å². The Morgan fingerprint density at radius 2 is 0.867 bits per heavy atom. The Morgan fingerprint density at radius 1 is 0.400 bits per heavy atom. The lowest BCUT2D eigenvalue weighted by Gasteiger charge is -2.04. The van der Waals surface area contributed by atoms with Crippen LogP contribution in [0.25, 0.3) is 36.5 Å². The van der Waals surface area contributed by atoms with E-state index in [0.29, 0.717) is 0 Å². The minimum absolute atomic E-state index is 1.06. The summed E-state index contributed by atoms with van der Waals surface area (Å²) in [6.45, 7) is 0. The quantitative estimate of drug-likeness (QED) is 0.296. The van der Waals surface area contributed by atoms with Crippen LogP contribution in [0.3, 0.4) is 0 Å². The summed E-state index contributed by atoms with van der Waals surface area (Å²) in [6.07, 6.45) is 12.8. The van der Waals surface area contributed by atoms with E-state index in [9.17, 15) is 0 Å². The van der Waals surface area contributed by atoms with E-state index in [4.69, 9.17) is 0 Å². The minimum atomic E-state index is 1.06. The van der Waals surface area contributed by atoms with Gasteiger partial charge in [-0.1, -0.05) is 140 Å². The smallest absolute Gasteiger partial charge is 0.00206 e. The molecule has 0 heterocycles. The second-order valence-corrected chi connectivity index (χ2v) is 7.01. The average molecular weight is 384 g/mol. The van der Waals surface area contributed by atoms with Crippen LogP contribution in [0.15, 0.2) is 103 Å². The van der Waals surface area contributed by atoms with Gasteiger partial charge < -0.3 is 0 Å². The first-order valence-corrected chi connectivity index (χ1v) is 10.1. The lowest BCUT2D eigenvalue weighted by molar-refractivity contribution is 1.56. The molecule has 143 valence electrons. The third kappa shape index (κ3) is 5.56. The van der Waals surface area contributed by atoms with Crippen molar-refractivity contribution in [1.82, 2.24) is 0 Å². The molecular weight excluding hydrogens is 360 g/mol. The summed E-state index contributed by atoms with van der Waals surface area (Å²) in [5.74, 6) is 0. The lowest BCUT2D eigenvalue weighted by atomic mass is 10.0. The van der Waals surface area contributed by atoms with Crippen molar-refractivity contribution in [2.75, 3.05) is 0 Å². The molecule has 0 fully saturated rings. The predicted octanol–water partition coefficient (Wildman–Crippen LogP) is 8.00. The van der Waals surface area contributed by atoms with Crippen LogP contribution in [-0.4, -0.2) is 0 Å². The van der Waals surface area contributed by atoms with Crippen LogP contribution in [-0.2, 0) is 0 Å². The van der Waals surface area contributed by atoms with Gasteiger partial charge in [-0.05, 0) is 39.4 Å². The second-order valence-electron chi connectivity index (χ2n) is 7.01. The summed E-state index contributed by atoms with van der Waals surface area (Å²) in [7, 11) is 0. The van der Waals surface area contributed by atoms with E-state index >= 15 is 0 Å². The zero-order valence-corrected chi connectivity index (χ0v) is 16.8. The SMILES string of the molecule is [c]1c(C=Cc2ccccc2)ccc(C=Cc2ccccc2)c1C=Cc1ccccc1.